The van der Waals surface area contributed by atoms with Gasteiger partial charge in [0.2, 0.25) is 0 Å². The third-order valence-corrected chi connectivity index (χ3v) is 3.71. The van der Waals surface area contributed by atoms with Gasteiger partial charge in [-0.3, -0.25) is 4.79 Å². The van der Waals surface area contributed by atoms with Crippen molar-refractivity contribution >= 4 is 12.0 Å². The van der Waals surface area contributed by atoms with Crippen LogP contribution in [-0.4, -0.2) is 53.8 Å². The van der Waals surface area contributed by atoms with Crippen molar-refractivity contribution in [2.75, 3.05) is 13.7 Å². The fraction of sp³-hybridized carbons (Fsp3) is 0.846. The van der Waals surface area contributed by atoms with Crippen LogP contribution in [-0.2, 0) is 9.53 Å². The lowest BCUT2D eigenvalue weighted by atomic mass is 10.2. The number of carboxylic acids is 1. The third-order valence-electron chi connectivity index (χ3n) is 3.71. The molecule has 0 aromatic carbocycles. The van der Waals surface area contributed by atoms with E-state index >= 15 is 0 Å². The first-order valence-corrected chi connectivity index (χ1v) is 6.80. The van der Waals surface area contributed by atoms with E-state index in [9.17, 15) is 9.59 Å². The number of nitrogens with zero attached hydrogens (tertiary/aromatic N) is 1. The van der Waals surface area contributed by atoms with Crippen molar-refractivity contribution in [3.8, 4) is 0 Å². The molecule has 0 bridgehead atoms. The zero-order chi connectivity index (χ0) is 14.4. The summed E-state index contributed by atoms with van der Waals surface area (Å²) in [6.07, 6.45) is 2.41. The van der Waals surface area contributed by atoms with Crippen molar-refractivity contribution < 1.29 is 19.4 Å². The van der Waals surface area contributed by atoms with Gasteiger partial charge in [0.25, 0.3) is 0 Å². The van der Waals surface area contributed by atoms with Gasteiger partial charge in [0.1, 0.15) is 0 Å². The molecule has 6 nitrogen and oxygen atoms in total. The standard InChI is InChI=1S/C13H24N2O4/c1-4-10-6-5-9(2)15(10)13(18)14-8-11(19-3)7-12(16)17/h9-11H,4-8H2,1-3H3,(H,14,18)(H,16,17). The van der Waals surface area contributed by atoms with Crippen molar-refractivity contribution in [2.24, 2.45) is 0 Å². The first kappa shape index (κ1) is 15.8. The number of aliphatic carboxylic acids is 1. The van der Waals surface area contributed by atoms with Crippen LogP contribution in [0.2, 0.25) is 0 Å². The molecule has 1 fully saturated rings. The van der Waals surface area contributed by atoms with E-state index in [1.807, 2.05) is 11.8 Å². The number of carbonyl (C=O) groups is 2. The normalized spacial score (nSPS) is 24.3. The predicted octanol–water partition coefficient (Wildman–Crippen LogP) is 1.45. The number of amides is 2. The molecular formula is C13H24N2O4. The predicted molar refractivity (Wildman–Crippen MR) is 71.1 cm³/mol. The fourth-order valence-corrected chi connectivity index (χ4v) is 2.56. The lowest BCUT2D eigenvalue weighted by molar-refractivity contribution is -0.139. The maximum Gasteiger partial charge on any atom is 0.317 e. The van der Waals surface area contributed by atoms with Gasteiger partial charge in [0.05, 0.1) is 12.5 Å². The minimum Gasteiger partial charge on any atom is -0.481 e. The van der Waals surface area contributed by atoms with E-state index in [-0.39, 0.29) is 31.1 Å². The van der Waals surface area contributed by atoms with Gasteiger partial charge in [-0.2, -0.15) is 0 Å². The smallest absolute Gasteiger partial charge is 0.317 e. The largest absolute Gasteiger partial charge is 0.481 e. The molecule has 1 heterocycles. The molecule has 3 atom stereocenters. The van der Waals surface area contributed by atoms with Gasteiger partial charge in [-0.15, -0.1) is 0 Å². The monoisotopic (exact) mass is 272 g/mol. The number of likely N-dealkylation sites (tertiary alicyclic amines) is 1. The minimum atomic E-state index is -0.929. The molecule has 3 unspecified atom stereocenters. The second-order valence-corrected chi connectivity index (χ2v) is 5.04. The van der Waals surface area contributed by atoms with Crippen LogP contribution in [0.1, 0.15) is 39.5 Å². The Balaban J connectivity index is 2.47. The van der Waals surface area contributed by atoms with Crippen molar-refractivity contribution in [3.05, 3.63) is 0 Å². The summed E-state index contributed by atoms with van der Waals surface area (Å²) >= 11 is 0. The highest BCUT2D eigenvalue weighted by Gasteiger charge is 2.33. The number of urea groups is 1. The van der Waals surface area contributed by atoms with Crippen LogP contribution in [0.3, 0.4) is 0 Å². The highest BCUT2D eigenvalue weighted by atomic mass is 16.5. The zero-order valence-corrected chi connectivity index (χ0v) is 11.9. The molecule has 1 saturated heterocycles. The van der Waals surface area contributed by atoms with E-state index in [1.165, 1.54) is 7.11 Å². The van der Waals surface area contributed by atoms with E-state index < -0.39 is 12.1 Å². The molecule has 110 valence electrons. The maximum absolute atomic E-state index is 12.1. The van der Waals surface area contributed by atoms with Crippen LogP contribution in [0.25, 0.3) is 0 Å². The van der Waals surface area contributed by atoms with Crippen LogP contribution in [0.5, 0.6) is 0 Å². The number of methoxy groups -OCH3 is 1. The number of hydrogen-bond acceptors (Lipinski definition) is 3. The first-order chi connectivity index (χ1) is 8.99. The molecule has 2 amide bonds. The number of hydrogen-bond donors (Lipinski definition) is 2. The summed E-state index contributed by atoms with van der Waals surface area (Å²) in [4.78, 5) is 24.6. The van der Waals surface area contributed by atoms with E-state index in [4.69, 9.17) is 9.84 Å². The molecule has 0 aromatic heterocycles. The SMILES string of the molecule is CCC1CCC(C)N1C(=O)NCC(CC(=O)O)OC. The Kier molecular flexibility index (Phi) is 6.08. The summed E-state index contributed by atoms with van der Waals surface area (Å²) in [6, 6.07) is 0.408. The van der Waals surface area contributed by atoms with Gasteiger partial charge < -0.3 is 20.1 Å². The van der Waals surface area contributed by atoms with E-state index in [0.717, 1.165) is 19.3 Å². The summed E-state index contributed by atoms with van der Waals surface area (Å²) in [7, 11) is 1.45. The van der Waals surface area contributed by atoms with Gasteiger partial charge in [0, 0.05) is 25.7 Å². The van der Waals surface area contributed by atoms with Crippen LogP contribution < -0.4 is 5.32 Å². The Labute approximate surface area is 114 Å². The summed E-state index contributed by atoms with van der Waals surface area (Å²) in [5, 5.41) is 11.5. The topological polar surface area (TPSA) is 78.9 Å². The summed E-state index contributed by atoms with van der Waals surface area (Å²) in [5.74, 6) is -0.929. The molecular weight excluding hydrogens is 248 g/mol. The van der Waals surface area contributed by atoms with Gasteiger partial charge in [-0.25, -0.2) is 4.79 Å². The quantitative estimate of drug-likeness (QED) is 0.767. The molecule has 0 aromatic rings. The number of nitrogens with one attached hydrogen (secondary N) is 1. The van der Waals surface area contributed by atoms with Gasteiger partial charge >= 0.3 is 12.0 Å². The van der Waals surface area contributed by atoms with E-state index in [1.54, 1.807) is 0 Å². The average Bonchev–Trinajstić information content (AvgIpc) is 2.74. The third kappa shape index (κ3) is 4.38. The van der Waals surface area contributed by atoms with Gasteiger partial charge in [0.15, 0.2) is 0 Å². The van der Waals surface area contributed by atoms with Gasteiger partial charge in [-0.05, 0) is 26.2 Å². The number of rotatable bonds is 6. The summed E-state index contributed by atoms with van der Waals surface area (Å²) < 4.78 is 5.04. The Morgan fingerprint density at radius 3 is 2.68 bits per heavy atom. The second kappa shape index (κ2) is 7.33. The molecule has 0 spiro atoms. The molecule has 1 aliphatic heterocycles. The molecule has 1 rings (SSSR count). The number of carboxylic acid groups (broad SMARTS) is 1. The molecule has 0 aliphatic carbocycles. The Bertz CT molecular complexity index is 322. The minimum absolute atomic E-state index is 0.108. The van der Waals surface area contributed by atoms with Gasteiger partial charge in [-0.1, -0.05) is 6.92 Å². The Hall–Kier alpha value is -1.30. The summed E-state index contributed by atoms with van der Waals surface area (Å²) in [5.41, 5.74) is 0. The molecule has 19 heavy (non-hydrogen) atoms. The molecule has 2 N–H and O–H groups in total. The summed E-state index contributed by atoms with van der Waals surface area (Å²) in [6.45, 7) is 4.34. The second-order valence-electron chi connectivity index (χ2n) is 5.04. The fourth-order valence-electron chi connectivity index (χ4n) is 2.56. The number of carbonyl (C=O) groups excluding carboxylic acids is 1. The van der Waals surface area contributed by atoms with Crippen LogP contribution in [0, 0.1) is 0 Å². The molecule has 0 radical (unpaired) electrons. The lowest BCUT2D eigenvalue weighted by Gasteiger charge is -2.28. The maximum atomic E-state index is 12.1. The van der Waals surface area contributed by atoms with Crippen molar-refractivity contribution in [2.45, 2.75) is 57.7 Å². The van der Waals surface area contributed by atoms with Crippen molar-refractivity contribution in [1.29, 1.82) is 0 Å². The van der Waals surface area contributed by atoms with E-state index in [0.29, 0.717) is 0 Å². The lowest BCUT2D eigenvalue weighted by Crippen LogP contribution is -2.48. The van der Waals surface area contributed by atoms with Crippen LogP contribution >= 0.6 is 0 Å². The average molecular weight is 272 g/mol. The zero-order valence-electron chi connectivity index (χ0n) is 11.9. The van der Waals surface area contributed by atoms with Crippen molar-refractivity contribution in [1.82, 2.24) is 10.2 Å². The Morgan fingerprint density at radius 1 is 1.47 bits per heavy atom. The van der Waals surface area contributed by atoms with Crippen molar-refractivity contribution in [3.63, 3.8) is 0 Å². The molecule has 0 saturated carbocycles. The first-order valence-electron chi connectivity index (χ1n) is 6.80. The highest BCUT2D eigenvalue weighted by Crippen LogP contribution is 2.25. The number of ether oxygens (including phenoxy) is 1. The molecule has 6 heteroatoms. The highest BCUT2D eigenvalue weighted by molar-refractivity contribution is 5.75. The molecule has 1 aliphatic rings. The van der Waals surface area contributed by atoms with Crippen LogP contribution in [0.15, 0.2) is 0 Å². The Morgan fingerprint density at radius 2 is 2.16 bits per heavy atom. The van der Waals surface area contributed by atoms with E-state index in [2.05, 4.69) is 12.2 Å². The van der Waals surface area contributed by atoms with Crippen LogP contribution in [0.4, 0.5) is 4.79 Å².